The van der Waals surface area contributed by atoms with Gasteiger partial charge in [-0.25, -0.2) is 4.79 Å². The van der Waals surface area contributed by atoms with E-state index >= 15 is 0 Å². The normalized spacial score (nSPS) is 10.8. The Hall–Kier alpha value is -1.55. The van der Waals surface area contributed by atoms with Gasteiger partial charge >= 0.3 is 5.97 Å². The van der Waals surface area contributed by atoms with Crippen LogP contribution >= 0.6 is 0 Å². The Kier molecular flexibility index (Phi) is 3.78. The molecule has 13 heavy (non-hydrogen) atoms. The molecule has 4 nitrogen and oxygen atoms in total. The maximum absolute atomic E-state index is 10.1. The van der Waals surface area contributed by atoms with Gasteiger partial charge in [0, 0.05) is 24.7 Å². The average Bonchev–Trinajstić information content (AvgIpc) is 2.55. The molecule has 0 saturated heterocycles. The molecule has 70 valence electrons. The predicted molar refractivity (Wildman–Crippen MR) is 47.2 cm³/mol. The van der Waals surface area contributed by atoms with Crippen LogP contribution in [0.4, 0.5) is 0 Å². The quantitative estimate of drug-likeness (QED) is 0.525. The van der Waals surface area contributed by atoms with Gasteiger partial charge in [0.25, 0.3) is 0 Å². The Balaban J connectivity index is 2.12. The molecule has 0 atom stereocenters. The third kappa shape index (κ3) is 4.12. The number of furan rings is 1. The fourth-order valence-electron chi connectivity index (χ4n) is 0.853. The highest BCUT2D eigenvalue weighted by Crippen LogP contribution is 1.97. The molecule has 0 fully saturated rings. The number of carboxylic acid groups (broad SMARTS) is 1. The summed E-state index contributed by atoms with van der Waals surface area (Å²) in [7, 11) is 0. The molecule has 0 aliphatic rings. The standard InChI is InChI=1S/C9H11NO3/c11-9(12)2-1-4-10-6-8-3-5-13-7-8/h1-3,5,7,10H,4,6H2,(H,11,12)/b2-1+. The molecular formula is C9H11NO3. The van der Waals surface area contributed by atoms with Gasteiger partial charge < -0.3 is 14.8 Å². The number of carbonyl (C=O) groups is 1. The molecule has 1 aromatic heterocycles. The largest absolute Gasteiger partial charge is 0.478 e. The molecule has 2 N–H and O–H groups in total. The molecule has 0 unspecified atom stereocenters. The van der Waals surface area contributed by atoms with Crippen LogP contribution in [0.25, 0.3) is 0 Å². The Morgan fingerprint density at radius 1 is 1.69 bits per heavy atom. The van der Waals surface area contributed by atoms with Crippen LogP contribution in [0.5, 0.6) is 0 Å². The van der Waals surface area contributed by atoms with E-state index in [-0.39, 0.29) is 0 Å². The highest BCUT2D eigenvalue weighted by molar-refractivity contribution is 5.79. The van der Waals surface area contributed by atoms with Gasteiger partial charge in [0.2, 0.25) is 0 Å². The molecule has 0 radical (unpaired) electrons. The number of carboxylic acids is 1. The van der Waals surface area contributed by atoms with Crippen LogP contribution in [0.2, 0.25) is 0 Å². The van der Waals surface area contributed by atoms with Crippen LogP contribution in [0.3, 0.4) is 0 Å². The third-order valence-corrected chi connectivity index (χ3v) is 1.43. The van der Waals surface area contributed by atoms with Crippen molar-refractivity contribution in [3.8, 4) is 0 Å². The maximum Gasteiger partial charge on any atom is 0.328 e. The highest BCUT2D eigenvalue weighted by atomic mass is 16.4. The lowest BCUT2D eigenvalue weighted by molar-refractivity contribution is -0.131. The molecule has 0 bridgehead atoms. The minimum absolute atomic E-state index is 0.539. The molecular weight excluding hydrogens is 170 g/mol. The van der Waals surface area contributed by atoms with E-state index < -0.39 is 5.97 Å². The van der Waals surface area contributed by atoms with Gasteiger partial charge in [0.15, 0.2) is 0 Å². The van der Waals surface area contributed by atoms with Crippen molar-refractivity contribution < 1.29 is 14.3 Å². The first-order valence-electron chi connectivity index (χ1n) is 3.90. The van der Waals surface area contributed by atoms with Crippen molar-refractivity contribution >= 4 is 5.97 Å². The van der Waals surface area contributed by atoms with Crippen LogP contribution in [-0.2, 0) is 11.3 Å². The Labute approximate surface area is 75.9 Å². The van der Waals surface area contributed by atoms with Gasteiger partial charge in [-0.2, -0.15) is 0 Å². The van der Waals surface area contributed by atoms with Crippen molar-refractivity contribution in [3.05, 3.63) is 36.3 Å². The van der Waals surface area contributed by atoms with E-state index in [9.17, 15) is 4.79 Å². The molecule has 0 aliphatic carbocycles. The molecule has 0 amide bonds. The van der Waals surface area contributed by atoms with E-state index in [1.807, 2.05) is 6.07 Å². The summed E-state index contributed by atoms with van der Waals surface area (Å²) >= 11 is 0. The Bertz CT molecular complexity index is 277. The maximum atomic E-state index is 10.1. The zero-order valence-corrected chi connectivity index (χ0v) is 7.06. The van der Waals surface area contributed by atoms with E-state index in [2.05, 4.69) is 5.32 Å². The number of nitrogens with one attached hydrogen (secondary N) is 1. The van der Waals surface area contributed by atoms with Gasteiger partial charge in [-0.15, -0.1) is 0 Å². The van der Waals surface area contributed by atoms with Crippen molar-refractivity contribution in [2.45, 2.75) is 6.54 Å². The van der Waals surface area contributed by atoms with Crippen LogP contribution in [-0.4, -0.2) is 17.6 Å². The molecule has 4 heteroatoms. The van der Waals surface area contributed by atoms with Crippen molar-refractivity contribution in [2.24, 2.45) is 0 Å². The number of rotatable bonds is 5. The SMILES string of the molecule is O=C(O)/C=C/CNCc1ccoc1. The molecule has 0 aromatic carbocycles. The summed E-state index contributed by atoms with van der Waals surface area (Å²) in [4.78, 5) is 10.1. The summed E-state index contributed by atoms with van der Waals surface area (Å²) in [6.07, 6.45) is 5.92. The summed E-state index contributed by atoms with van der Waals surface area (Å²) in [5.41, 5.74) is 1.05. The van der Waals surface area contributed by atoms with Gasteiger partial charge in [0.1, 0.15) is 0 Å². The predicted octanol–water partition coefficient (Wildman–Crippen LogP) is 1.01. The van der Waals surface area contributed by atoms with E-state index in [1.165, 1.54) is 0 Å². The second-order valence-electron chi connectivity index (χ2n) is 2.50. The first kappa shape index (κ1) is 9.54. The molecule has 1 heterocycles. The second-order valence-corrected chi connectivity index (χ2v) is 2.50. The van der Waals surface area contributed by atoms with Crippen molar-refractivity contribution in [2.75, 3.05) is 6.54 Å². The van der Waals surface area contributed by atoms with Crippen LogP contribution in [0.1, 0.15) is 5.56 Å². The van der Waals surface area contributed by atoms with Gasteiger partial charge in [-0.05, 0) is 6.07 Å². The van der Waals surface area contributed by atoms with Gasteiger partial charge in [0.05, 0.1) is 12.5 Å². The van der Waals surface area contributed by atoms with E-state index in [0.29, 0.717) is 13.1 Å². The van der Waals surface area contributed by atoms with Gasteiger partial charge in [-0.1, -0.05) is 6.08 Å². The van der Waals surface area contributed by atoms with Crippen molar-refractivity contribution in [1.82, 2.24) is 5.32 Å². The fourth-order valence-corrected chi connectivity index (χ4v) is 0.853. The smallest absolute Gasteiger partial charge is 0.328 e. The zero-order chi connectivity index (χ0) is 9.52. The van der Waals surface area contributed by atoms with Crippen LogP contribution in [0, 0.1) is 0 Å². The number of hydrogen-bond acceptors (Lipinski definition) is 3. The van der Waals surface area contributed by atoms with Crippen molar-refractivity contribution in [3.63, 3.8) is 0 Å². The molecule has 1 aromatic rings. The van der Waals surface area contributed by atoms with Crippen LogP contribution < -0.4 is 5.32 Å². The Morgan fingerprint density at radius 3 is 3.15 bits per heavy atom. The summed E-state index contributed by atoms with van der Waals surface area (Å²) in [5, 5.41) is 11.3. The Morgan fingerprint density at radius 2 is 2.54 bits per heavy atom. The highest BCUT2D eigenvalue weighted by Gasteiger charge is 1.91. The summed E-state index contributed by atoms with van der Waals surface area (Å²) in [5.74, 6) is -0.926. The lowest BCUT2D eigenvalue weighted by Crippen LogP contribution is -2.12. The first-order chi connectivity index (χ1) is 6.29. The lowest BCUT2D eigenvalue weighted by Gasteiger charge is -1.96. The fraction of sp³-hybridized carbons (Fsp3) is 0.222. The topological polar surface area (TPSA) is 62.5 Å². The number of hydrogen-bond donors (Lipinski definition) is 2. The van der Waals surface area contributed by atoms with E-state index in [0.717, 1.165) is 11.6 Å². The monoisotopic (exact) mass is 181 g/mol. The minimum atomic E-state index is -0.926. The minimum Gasteiger partial charge on any atom is -0.478 e. The van der Waals surface area contributed by atoms with Crippen molar-refractivity contribution in [1.29, 1.82) is 0 Å². The molecule has 1 rings (SSSR count). The second kappa shape index (κ2) is 5.16. The average molecular weight is 181 g/mol. The van der Waals surface area contributed by atoms with E-state index in [4.69, 9.17) is 9.52 Å². The zero-order valence-electron chi connectivity index (χ0n) is 7.06. The van der Waals surface area contributed by atoms with Gasteiger partial charge in [-0.3, -0.25) is 0 Å². The first-order valence-corrected chi connectivity index (χ1v) is 3.90. The number of aliphatic carboxylic acids is 1. The molecule has 0 aliphatic heterocycles. The third-order valence-electron chi connectivity index (χ3n) is 1.43. The summed E-state index contributed by atoms with van der Waals surface area (Å²) in [6.45, 7) is 1.22. The summed E-state index contributed by atoms with van der Waals surface area (Å²) < 4.78 is 4.86. The lowest BCUT2D eigenvalue weighted by atomic mass is 10.3. The molecule has 0 spiro atoms. The molecule has 0 saturated carbocycles. The van der Waals surface area contributed by atoms with Crippen LogP contribution in [0.15, 0.2) is 35.2 Å². The summed E-state index contributed by atoms with van der Waals surface area (Å²) in [6, 6.07) is 1.86. The van der Waals surface area contributed by atoms with E-state index in [1.54, 1.807) is 18.6 Å².